The number of carbonyl (C=O) groups is 2. The van der Waals surface area contributed by atoms with Crippen molar-refractivity contribution < 1.29 is 9.59 Å². The highest BCUT2D eigenvalue weighted by molar-refractivity contribution is 5.95. The van der Waals surface area contributed by atoms with Crippen molar-refractivity contribution in [2.24, 2.45) is 11.8 Å². The maximum Gasteiger partial charge on any atom is 0.254 e. The second kappa shape index (κ2) is 6.51. The van der Waals surface area contributed by atoms with Crippen LogP contribution in [0.15, 0.2) is 24.3 Å². The average molecular weight is 337 g/mol. The smallest absolute Gasteiger partial charge is 0.254 e. The van der Waals surface area contributed by atoms with Crippen LogP contribution in [-0.4, -0.2) is 47.3 Å². The standard InChI is InChI=1S/C20H23N3O2/c21-10-14-3-1-6-17(9-14)20(25)23-12-15-7-8-18(23)13-22(11-15)19(24)16-4-2-5-16/h1,3,6,9,15-16,18H,2,4-5,7-8,11-13H2/t15-,18+/m0/s1. The fourth-order valence-corrected chi connectivity index (χ4v) is 4.31. The van der Waals surface area contributed by atoms with Crippen LogP contribution in [0.5, 0.6) is 0 Å². The normalized spacial score (nSPS) is 25.9. The second-order valence-electron chi connectivity index (χ2n) is 7.62. The van der Waals surface area contributed by atoms with Crippen LogP contribution in [0.4, 0.5) is 0 Å². The van der Waals surface area contributed by atoms with E-state index < -0.39 is 0 Å². The monoisotopic (exact) mass is 337 g/mol. The zero-order chi connectivity index (χ0) is 17.4. The summed E-state index contributed by atoms with van der Waals surface area (Å²) in [5.41, 5.74) is 1.08. The van der Waals surface area contributed by atoms with Crippen molar-refractivity contribution in [3.8, 4) is 6.07 Å². The summed E-state index contributed by atoms with van der Waals surface area (Å²) in [5, 5.41) is 9.06. The van der Waals surface area contributed by atoms with Crippen LogP contribution in [0.1, 0.15) is 48.0 Å². The molecule has 3 aliphatic heterocycles. The van der Waals surface area contributed by atoms with Gasteiger partial charge in [0, 0.05) is 37.2 Å². The highest BCUT2D eigenvalue weighted by Gasteiger charge is 2.40. The fraction of sp³-hybridized carbons (Fsp3) is 0.550. The lowest BCUT2D eigenvalue weighted by Crippen LogP contribution is -2.48. The molecule has 0 radical (unpaired) electrons. The van der Waals surface area contributed by atoms with Gasteiger partial charge in [0.1, 0.15) is 0 Å². The van der Waals surface area contributed by atoms with E-state index in [-0.39, 0.29) is 17.9 Å². The average Bonchev–Trinajstić information content (AvgIpc) is 2.91. The Balaban J connectivity index is 1.53. The largest absolute Gasteiger partial charge is 0.340 e. The summed E-state index contributed by atoms with van der Waals surface area (Å²) in [5.74, 6) is 0.869. The molecule has 0 spiro atoms. The van der Waals surface area contributed by atoms with E-state index in [1.165, 1.54) is 0 Å². The summed E-state index contributed by atoms with van der Waals surface area (Å²) < 4.78 is 0. The van der Waals surface area contributed by atoms with E-state index in [4.69, 9.17) is 5.26 Å². The molecule has 0 N–H and O–H groups in total. The number of fused-ring (bicyclic) bond motifs is 4. The molecule has 2 bridgehead atoms. The van der Waals surface area contributed by atoms with Gasteiger partial charge in [0.15, 0.2) is 0 Å². The van der Waals surface area contributed by atoms with Gasteiger partial charge < -0.3 is 9.80 Å². The zero-order valence-corrected chi connectivity index (χ0v) is 14.4. The first-order chi connectivity index (χ1) is 12.2. The summed E-state index contributed by atoms with van der Waals surface area (Å²) >= 11 is 0. The first kappa shape index (κ1) is 16.1. The van der Waals surface area contributed by atoms with E-state index in [2.05, 4.69) is 6.07 Å². The summed E-state index contributed by atoms with van der Waals surface area (Å²) in [6, 6.07) is 9.11. The molecule has 1 saturated carbocycles. The Morgan fingerprint density at radius 2 is 1.92 bits per heavy atom. The van der Waals surface area contributed by atoms with Crippen LogP contribution in [0.3, 0.4) is 0 Å². The lowest BCUT2D eigenvalue weighted by atomic mass is 9.84. The van der Waals surface area contributed by atoms with E-state index in [1.807, 2.05) is 9.80 Å². The number of hydrogen-bond acceptors (Lipinski definition) is 3. The van der Waals surface area contributed by atoms with Crippen LogP contribution in [0.25, 0.3) is 0 Å². The molecule has 1 aromatic carbocycles. The molecule has 130 valence electrons. The minimum Gasteiger partial charge on any atom is -0.340 e. The highest BCUT2D eigenvalue weighted by Crippen LogP contribution is 2.33. The molecule has 2 amide bonds. The van der Waals surface area contributed by atoms with Crippen molar-refractivity contribution in [3.63, 3.8) is 0 Å². The van der Waals surface area contributed by atoms with Gasteiger partial charge in [-0.2, -0.15) is 5.26 Å². The maximum atomic E-state index is 13.0. The predicted molar refractivity (Wildman–Crippen MR) is 92.6 cm³/mol. The van der Waals surface area contributed by atoms with Gasteiger partial charge in [0.05, 0.1) is 11.6 Å². The molecule has 5 nitrogen and oxygen atoms in total. The van der Waals surface area contributed by atoms with Crippen LogP contribution in [-0.2, 0) is 4.79 Å². The van der Waals surface area contributed by atoms with Crippen molar-refractivity contribution in [1.29, 1.82) is 5.26 Å². The summed E-state index contributed by atoms with van der Waals surface area (Å²) in [7, 11) is 0. The molecular weight excluding hydrogens is 314 g/mol. The van der Waals surface area contributed by atoms with Gasteiger partial charge >= 0.3 is 0 Å². The van der Waals surface area contributed by atoms with E-state index in [9.17, 15) is 9.59 Å². The molecule has 25 heavy (non-hydrogen) atoms. The number of benzene rings is 1. The minimum atomic E-state index is -0.00950. The molecule has 3 heterocycles. The minimum absolute atomic E-state index is 0.00950. The maximum absolute atomic E-state index is 13.0. The van der Waals surface area contributed by atoms with Gasteiger partial charge in [-0.05, 0) is 49.8 Å². The van der Waals surface area contributed by atoms with Gasteiger partial charge in [-0.1, -0.05) is 12.5 Å². The molecule has 2 atom stereocenters. The van der Waals surface area contributed by atoms with Gasteiger partial charge in [0.2, 0.25) is 5.91 Å². The number of nitrogens with zero attached hydrogens (tertiary/aromatic N) is 3. The van der Waals surface area contributed by atoms with Crippen molar-refractivity contribution in [2.45, 2.75) is 38.1 Å². The molecule has 0 aromatic heterocycles. The van der Waals surface area contributed by atoms with E-state index in [0.717, 1.165) is 38.6 Å². The number of nitriles is 1. The lowest BCUT2D eigenvalue weighted by molar-refractivity contribution is -0.138. The molecule has 3 saturated heterocycles. The van der Waals surface area contributed by atoms with E-state index in [0.29, 0.717) is 36.0 Å². The lowest BCUT2D eigenvalue weighted by Gasteiger charge is -2.36. The highest BCUT2D eigenvalue weighted by atomic mass is 16.2. The van der Waals surface area contributed by atoms with Crippen molar-refractivity contribution in [3.05, 3.63) is 35.4 Å². The number of hydrogen-bond donors (Lipinski definition) is 0. The van der Waals surface area contributed by atoms with Gasteiger partial charge in [0.25, 0.3) is 5.91 Å². The molecule has 4 aliphatic rings. The number of rotatable bonds is 2. The van der Waals surface area contributed by atoms with Gasteiger partial charge in [-0.25, -0.2) is 0 Å². The topological polar surface area (TPSA) is 64.4 Å². The third-order valence-electron chi connectivity index (χ3n) is 5.98. The van der Waals surface area contributed by atoms with Crippen molar-refractivity contribution in [1.82, 2.24) is 9.80 Å². The Morgan fingerprint density at radius 3 is 2.64 bits per heavy atom. The molecule has 0 unspecified atom stereocenters. The zero-order valence-electron chi connectivity index (χ0n) is 14.4. The van der Waals surface area contributed by atoms with Crippen LogP contribution >= 0.6 is 0 Å². The van der Waals surface area contributed by atoms with Crippen molar-refractivity contribution in [2.75, 3.05) is 19.6 Å². The molecular formula is C20H23N3O2. The quantitative estimate of drug-likeness (QED) is 0.832. The Bertz CT molecular complexity index is 735. The third-order valence-corrected chi connectivity index (χ3v) is 5.98. The summed E-state index contributed by atoms with van der Waals surface area (Å²) in [4.78, 5) is 29.6. The van der Waals surface area contributed by atoms with E-state index >= 15 is 0 Å². The van der Waals surface area contributed by atoms with Gasteiger partial charge in [-0.15, -0.1) is 0 Å². The first-order valence-corrected chi connectivity index (χ1v) is 9.25. The Hall–Kier alpha value is -2.35. The fourth-order valence-electron chi connectivity index (χ4n) is 4.31. The molecule has 1 aliphatic carbocycles. The Morgan fingerprint density at radius 1 is 1.08 bits per heavy atom. The van der Waals surface area contributed by atoms with Crippen LogP contribution in [0.2, 0.25) is 0 Å². The summed E-state index contributed by atoms with van der Waals surface area (Å²) in [6.45, 7) is 2.16. The third kappa shape index (κ3) is 3.02. The first-order valence-electron chi connectivity index (χ1n) is 9.25. The molecule has 5 heteroatoms. The van der Waals surface area contributed by atoms with Crippen LogP contribution in [0, 0.1) is 23.2 Å². The second-order valence-corrected chi connectivity index (χ2v) is 7.62. The molecule has 5 rings (SSSR count). The Labute approximate surface area is 148 Å². The van der Waals surface area contributed by atoms with Crippen molar-refractivity contribution >= 4 is 11.8 Å². The SMILES string of the molecule is N#Cc1cccc(C(=O)N2C[C@H]3CC[C@@H]2CN(C(=O)C2CCC2)C3)c1. The Kier molecular flexibility index (Phi) is 4.20. The summed E-state index contributed by atoms with van der Waals surface area (Å²) in [6.07, 6.45) is 5.25. The molecule has 4 fully saturated rings. The molecule has 1 aromatic rings. The van der Waals surface area contributed by atoms with E-state index in [1.54, 1.807) is 24.3 Å². The van der Waals surface area contributed by atoms with Crippen LogP contribution < -0.4 is 0 Å². The predicted octanol–water partition coefficient (Wildman–Crippen LogP) is 2.42. The number of piperidine rings is 1. The van der Waals surface area contributed by atoms with Gasteiger partial charge in [-0.3, -0.25) is 9.59 Å². The number of carbonyl (C=O) groups excluding carboxylic acids is 2. The number of amides is 2.